The Balaban J connectivity index is 1.55. The summed E-state index contributed by atoms with van der Waals surface area (Å²) < 4.78 is 12.0. The molecule has 0 atom stereocenters. The maximum absolute atomic E-state index is 5.98. The van der Waals surface area contributed by atoms with E-state index in [-0.39, 0.29) is 0 Å². The normalized spacial score (nSPS) is 10.4. The van der Waals surface area contributed by atoms with Crippen LogP contribution in [-0.2, 0) is 25.5 Å². The van der Waals surface area contributed by atoms with E-state index in [2.05, 4.69) is 9.97 Å². The third-order valence-electron chi connectivity index (χ3n) is 3.62. The van der Waals surface area contributed by atoms with Gasteiger partial charge in [-0.3, -0.25) is 0 Å². The molecule has 0 aliphatic heterocycles. The van der Waals surface area contributed by atoms with E-state index < -0.39 is 25.5 Å². The molecule has 23 heavy (non-hydrogen) atoms. The van der Waals surface area contributed by atoms with Gasteiger partial charge in [-0.2, -0.15) is 0 Å². The molecule has 4 rings (SSSR count). The molecule has 0 radical (unpaired) electrons. The molecule has 2 aromatic heterocycles. The summed E-state index contributed by atoms with van der Waals surface area (Å²) in [7, 11) is 0. The van der Waals surface area contributed by atoms with Crippen LogP contribution in [0.1, 0.15) is 0 Å². The molecular formula is C18H12HgN2O2. The van der Waals surface area contributed by atoms with E-state index in [4.69, 9.17) is 5.29 Å². The Morgan fingerprint density at radius 2 is 1.09 bits per heavy atom. The molecule has 0 bridgehead atoms. The van der Waals surface area contributed by atoms with Crippen LogP contribution < -0.4 is 5.29 Å². The molecule has 0 fully saturated rings. The monoisotopic (exact) mass is 490 g/mol. The molecule has 0 saturated heterocycles. The number of aromatic nitrogens is 2. The van der Waals surface area contributed by atoms with Gasteiger partial charge < -0.3 is 0 Å². The van der Waals surface area contributed by atoms with E-state index in [0.29, 0.717) is 0 Å². The average Bonchev–Trinajstić information content (AvgIpc) is 2.62. The van der Waals surface area contributed by atoms with Crippen LogP contribution in [0, 0.1) is 0 Å². The van der Waals surface area contributed by atoms with Crippen molar-refractivity contribution in [2.24, 2.45) is 0 Å². The van der Waals surface area contributed by atoms with Crippen molar-refractivity contribution >= 4 is 21.8 Å². The number of nitrogens with zero attached hydrogens (tertiary/aromatic N) is 2. The summed E-state index contributed by atoms with van der Waals surface area (Å²) in [5.74, 6) is 1.61. The summed E-state index contributed by atoms with van der Waals surface area (Å²) in [5.41, 5.74) is 1.77. The number of benzene rings is 2. The standard InChI is InChI=1S/2C9H7NO.Hg/c2*11-8-5-1-3-7-4-2-6-10-9(7)8;/h2*1-6,11H;/q;;+2/p-2. The number of hydrogen-bond acceptors (Lipinski definition) is 4. The number of fused-ring (bicyclic) bond motifs is 2. The first-order chi connectivity index (χ1) is 11.4. The Morgan fingerprint density at radius 3 is 1.61 bits per heavy atom. The molecule has 0 N–H and O–H groups in total. The summed E-state index contributed by atoms with van der Waals surface area (Å²) in [6.07, 6.45) is 3.56. The van der Waals surface area contributed by atoms with Gasteiger partial charge in [-0.05, 0) is 0 Å². The van der Waals surface area contributed by atoms with Crippen molar-refractivity contribution in [1.82, 2.24) is 9.97 Å². The molecule has 4 aromatic rings. The number of pyridine rings is 2. The van der Waals surface area contributed by atoms with E-state index in [1.165, 1.54) is 0 Å². The van der Waals surface area contributed by atoms with Crippen LogP contribution in [0.4, 0.5) is 0 Å². The number of para-hydroxylation sites is 2. The Labute approximate surface area is 146 Å². The second-order valence-corrected chi connectivity index (χ2v) is 8.23. The molecule has 0 aliphatic rings. The topological polar surface area (TPSA) is 44.2 Å². The summed E-state index contributed by atoms with van der Waals surface area (Å²) in [6.45, 7) is 0. The fraction of sp³-hybridized carbons (Fsp3) is 0. The molecule has 0 unspecified atom stereocenters. The van der Waals surface area contributed by atoms with Crippen molar-refractivity contribution in [2.45, 2.75) is 0 Å². The molecule has 2 aromatic carbocycles. The van der Waals surface area contributed by atoms with Gasteiger partial charge >= 0.3 is 147 Å². The van der Waals surface area contributed by atoms with E-state index in [9.17, 15) is 0 Å². The maximum atomic E-state index is 5.98. The Bertz CT molecular complexity index is 885. The molecule has 4 nitrogen and oxygen atoms in total. The van der Waals surface area contributed by atoms with Gasteiger partial charge in [0.05, 0.1) is 0 Å². The van der Waals surface area contributed by atoms with Gasteiger partial charge in [0.15, 0.2) is 0 Å². The van der Waals surface area contributed by atoms with Crippen molar-refractivity contribution in [2.75, 3.05) is 0 Å². The third kappa shape index (κ3) is 2.99. The summed E-state index contributed by atoms with van der Waals surface area (Å²) in [4.78, 5) is 8.80. The Kier molecular flexibility index (Phi) is 4.07. The predicted molar refractivity (Wildman–Crippen MR) is 84.7 cm³/mol. The van der Waals surface area contributed by atoms with E-state index in [1.807, 2.05) is 60.7 Å². The van der Waals surface area contributed by atoms with Crippen LogP contribution in [0.2, 0.25) is 0 Å². The van der Waals surface area contributed by atoms with Crippen molar-refractivity contribution in [3.05, 3.63) is 73.1 Å². The summed E-state index contributed by atoms with van der Waals surface area (Å²) in [6, 6.07) is 19.8. The van der Waals surface area contributed by atoms with E-state index in [1.54, 1.807) is 12.4 Å². The molecule has 108 valence electrons. The van der Waals surface area contributed by atoms with Crippen LogP contribution in [0.25, 0.3) is 21.8 Å². The van der Waals surface area contributed by atoms with Gasteiger partial charge in [-0.25, -0.2) is 0 Å². The number of rotatable bonds is 4. The molecule has 5 heteroatoms. The molecular weight excluding hydrogens is 477 g/mol. The Morgan fingerprint density at radius 1 is 0.609 bits per heavy atom. The minimum atomic E-state index is -2.05. The molecule has 0 amide bonds. The zero-order chi connectivity index (χ0) is 15.5. The van der Waals surface area contributed by atoms with E-state index >= 15 is 0 Å². The van der Waals surface area contributed by atoms with Crippen molar-refractivity contribution < 1.29 is 30.8 Å². The summed E-state index contributed by atoms with van der Waals surface area (Å²) in [5, 5.41) is 2.15. The van der Waals surface area contributed by atoms with Crippen molar-refractivity contribution in [3.8, 4) is 11.5 Å². The van der Waals surface area contributed by atoms with E-state index in [0.717, 1.165) is 33.3 Å². The van der Waals surface area contributed by atoms with Gasteiger partial charge in [0.2, 0.25) is 0 Å². The molecule has 2 heterocycles. The van der Waals surface area contributed by atoms with Crippen LogP contribution in [0.15, 0.2) is 73.1 Å². The van der Waals surface area contributed by atoms with Gasteiger partial charge in [-0.15, -0.1) is 0 Å². The molecule has 0 saturated carbocycles. The van der Waals surface area contributed by atoms with Crippen molar-refractivity contribution in [1.29, 1.82) is 0 Å². The zero-order valence-corrected chi connectivity index (χ0v) is 17.8. The second kappa shape index (κ2) is 6.50. The fourth-order valence-electron chi connectivity index (χ4n) is 2.54. The quantitative estimate of drug-likeness (QED) is 0.405. The van der Waals surface area contributed by atoms with Crippen molar-refractivity contribution in [3.63, 3.8) is 0 Å². The third-order valence-corrected chi connectivity index (χ3v) is 6.95. The fourth-order valence-corrected chi connectivity index (χ4v) is 5.57. The minimum absolute atomic E-state index is 0.804. The van der Waals surface area contributed by atoms with Crippen LogP contribution >= 0.6 is 0 Å². The molecule has 0 spiro atoms. The van der Waals surface area contributed by atoms with Gasteiger partial charge in [-0.1, -0.05) is 0 Å². The van der Waals surface area contributed by atoms with Gasteiger partial charge in [0, 0.05) is 0 Å². The first-order valence-electron chi connectivity index (χ1n) is 7.35. The second-order valence-electron chi connectivity index (χ2n) is 5.07. The molecule has 0 aliphatic carbocycles. The van der Waals surface area contributed by atoms with Gasteiger partial charge in [0.25, 0.3) is 0 Å². The first kappa shape index (κ1) is 14.4. The predicted octanol–water partition coefficient (Wildman–Crippen LogP) is 4.15. The SMILES string of the molecule is c1cnc2c([O][Hg][O]c3cccc4cccnc34)cccc2c1. The van der Waals surface area contributed by atoms with Gasteiger partial charge in [0.1, 0.15) is 0 Å². The van der Waals surface area contributed by atoms with Crippen LogP contribution in [0.5, 0.6) is 11.5 Å². The van der Waals surface area contributed by atoms with Crippen LogP contribution in [-0.4, -0.2) is 9.97 Å². The average molecular weight is 489 g/mol. The number of hydrogen-bond donors (Lipinski definition) is 0. The first-order valence-corrected chi connectivity index (χ1v) is 11.8. The summed E-state index contributed by atoms with van der Waals surface area (Å²) >= 11 is -2.05. The zero-order valence-electron chi connectivity index (χ0n) is 12.3. The van der Waals surface area contributed by atoms with Crippen LogP contribution in [0.3, 0.4) is 0 Å². The Hall–Kier alpha value is -2.20.